The average Bonchev–Trinajstić information content (AvgIpc) is 2.56. The Hall–Kier alpha value is -1.77. The van der Waals surface area contributed by atoms with Gasteiger partial charge in [-0.3, -0.25) is 0 Å². The highest BCUT2D eigenvalue weighted by Crippen LogP contribution is 2.33. The lowest BCUT2D eigenvalue weighted by atomic mass is 9.96. The molecule has 0 radical (unpaired) electrons. The number of halogens is 1. The summed E-state index contributed by atoms with van der Waals surface area (Å²) in [6.07, 6.45) is 5.53. The van der Waals surface area contributed by atoms with Crippen molar-refractivity contribution < 1.29 is 9.47 Å². The van der Waals surface area contributed by atoms with E-state index in [4.69, 9.17) is 15.9 Å². The second-order valence-corrected chi connectivity index (χ2v) is 5.42. The lowest BCUT2D eigenvalue weighted by Crippen LogP contribution is -2.02. The van der Waals surface area contributed by atoms with E-state index in [9.17, 15) is 0 Å². The molecule has 0 spiro atoms. The van der Waals surface area contributed by atoms with Crippen LogP contribution in [-0.2, 0) is 4.74 Å². The summed E-state index contributed by atoms with van der Waals surface area (Å²) in [7, 11) is 1.60. The fourth-order valence-corrected chi connectivity index (χ4v) is 2.78. The highest BCUT2D eigenvalue weighted by Gasteiger charge is 2.12. The number of hydrogen-bond donors (Lipinski definition) is 0. The van der Waals surface area contributed by atoms with E-state index in [-0.39, 0.29) is 6.79 Å². The summed E-state index contributed by atoms with van der Waals surface area (Å²) in [6, 6.07) is 14.1. The second kappa shape index (κ2) is 8.02. The minimum atomic E-state index is 0.199. The van der Waals surface area contributed by atoms with Crippen molar-refractivity contribution >= 4 is 28.2 Å². The van der Waals surface area contributed by atoms with Crippen molar-refractivity contribution in [2.75, 3.05) is 13.9 Å². The van der Waals surface area contributed by atoms with Gasteiger partial charge in [-0.25, -0.2) is 0 Å². The van der Waals surface area contributed by atoms with Gasteiger partial charge < -0.3 is 9.47 Å². The molecule has 0 amide bonds. The molecule has 0 N–H and O–H groups in total. The summed E-state index contributed by atoms with van der Waals surface area (Å²) in [5.41, 5.74) is 5.21. The lowest BCUT2D eigenvalue weighted by molar-refractivity contribution is 0.0509. The van der Waals surface area contributed by atoms with Crippen LogP contribution in [0.25, 0.3) is 5.57 Å². The molecule has 0 aromatic heterocycles. The topological polar surface area (TPSA) is 18.5 Å². The van der Waals surface area contributed by atoms with Gasteiger partial charge in [-0.2, -0.15) is 0 Å². The van der Waals surface area contributed by atoms with E-state index in [0.717, 1.165) is 28.0 Å². The predicted molar refractivity (Wildman–Crippen MR) is 99.2 cm³/mol. The first-order chi connectivity index (χ1) is 10.7. The van der Waals surface area contributed by atoms with Gasteiger partial charge >= 0.3 is 0 Å². The zero-order valence-corrected chi connectivity index (χ0v) is 14.8. The first-order valence-electron chi connectivity index (χ1n) is 6.79. The molecule has 0 fully saturated rings. The maximum Gasteiger partial charge on any atom is 0.188 e. The predicted octanol–water partition coefficient (Wildman–Crippen LogP) is 4.78. The Morgan fingerprint density at radius 3 is 2.55 bits per heavy atom. The summed E-state index contributed by atoms with van der Waals surface area (Å²) >= 11 is 2.24. The standard InChI is InChI=1S/C19H17IO2/c1-4-15-7-10-19(22-13-21-3)17(11-15)18(12-20)16-8-5-14(2)6-9-16/h1,5-12H,13H2,2-3H3. The molecular weight excluding hydrogens is 387 g/mol. The Kier molecular flexibility index (Phi) is 6.05. The molecule has 2 rings (SSSR count). The molecule has 2 aromatic carbocycles. The third-order valence-corrected chi connectivity index (χ3v) is 3.86. The Balaban J connectivity index is 2.51. The fraction of sp³-hybridized carbons (Fsp3) is 0.158. The molecule has 0 atom stereocenters. The molecule has 0 bridgehead atoms. The molecular formula is C19H17IO2. The zero-order chi connectivity index (χ0) is 15.9. The number of hydrogen-bond acceptors (Lipinski definition) is 2. The van der Waals surface area contributed by atoms with Gasteiger partial charge in [-0.15, -0.1) is 6.42 Å². The maximum absolute atomic E-state index is 5.68. The van der Waals surface area contributed by atoms with Crippen molar-refractivity contribution in [3.05, 3.63) is 68.8 Å². The van der Waals surface area contributed by atoms with Crippen LogP contribution in [-0.4, -0.2) is 13.9 Å². The van der Waals surface area contributed by atoms with Crippen LogP contribution < -0.4 is 4.74 Å². The quantitative estimate of drug-likeness (QED) is 0.406. The molecule has 2 nitrogen and oxygen atoms in total. The van der Waals surface area contributed by atoms with Gasteiger partial charge in [0.05, 0.1) is 0 Å². The summed E-state index contributed by atoms with van der Waals surface area (Å²) in [5.74, 6) is 3.43. The number of aryl methyl sites for hydroxylation is 1. The third kappa shape index (κ3) is 3.90. The molecule has 0 aliphatic heterocycles. The fourth-order valence-electron chi connectivity index (χ4n) is 2.09. The Morgan fingerprint density at radius 1 is 1.23 bits per heavy atom. The van der Waals surface area contributed by atoms with Crippen LogP contribution in [0.1, 0.15) is 22.3 Å². The van der Waals surface area contributed by atoms with E-state index in [1.807, 2.05) is 22.3 Å². The van der Waals surface area contributed by atoms with Crippen molar-refractivity contribution in [1.82, 2.24) is 0 Å². The Morgan fingerprint density at radius 2 is 1.95 bits per heavy atom. The first kappa shape index (κ1) is 16.6. The number of methoxy groups -OCH3 is 1. The summed E-state index contributed by atoms with van der Waals surface area (Å²) < 4.78 is 12.7. The van der Waals surface area contributed by atoms with Crippen molar-refractivity contribution in [1.29, 1.82) is 0 Å². The smallest absolute Gasteiger partial charge is 0.188 e. The average molecular weight is 404 g/mol. The van der Waals surface area contributed by atoms with Crippen LogP contribution in [0.4, 0.5) is 0 Å². The molecule has 2 aromatic rings. The molecule has 0 saturated carbocycles. The summed E-state index contributed by atoms with van der Waals surface area (Å²) in [5, 5.41) is 0. The molecule has 0 aliphatic rings. The zero-order valence-electron chi connectivity index (χ0n) is 12.6. The van der Waals surface area contributed by atoms with Crippen LogP contribution in [0, 0.1) is 19.3 Å². The highest BCUT2D eigenvalue weighted by atomic mass is 127. The van der Waals surface area contributed by atoms with Crippen LogP contribution in [0.15, 0.2) is 46.5 Å². The number of benzene rings is 2. The summed E-state index contributed by atoms with van der Waals surface area (Å²) in [6.45, 7) is 2.27. The first-order valence-corrected chi connectivity index (χ1v) is 8.04. The van der Waals surface area contributed by atoms with Crippen LogP contribution in [0.3, 0.4) is 0 Å². The molecule has 0 unspecified atom stereocenters. The van der Waals surface area contributed by atoms with Crippen molar-refractivity contribution in [2.24, 2.45) is 0 Å². The number of terminal acetylenes is 1. The highest BCUT2D eigenvalue weighted by molar-refractivity contribution is 14.1. The van der Waals surface area contributed by atoms with Crippen LogP contribution >= 0.6 is 22.6 Å². The third-order valence-electron chi connectivity index (χ3n) is 3.24. The molecule has 22 heavy (non-hydrogen) atoms. The Labute approximate surface area is 145 Å². The SMILES string of the molecule is C#Cc1ccc(OCOC)c(C(=CI)c2ccc(C)cc2)c1. The molecule has 0 saturated heterocycles. The number of ether oxygens (including phenoxy) is 2. The second-order valence-electron chi connectivity index (χ2n) is 4.79. The largest absolute Gasteiger partial charge is 0.467 e. The van der Waals surface area contributed by atoms with Gasteiger partial charge in [0, 0.05) is 18.2 Å². The van der Waals surface area contributed by atoms with E-state index in [2.05, 4.69) is 59.7 Å². The number of rotatable bonds is 5. The summed E-state index contributed by atoms with van der Waals surface area (Å²) in [4.78, 5) is 0. The minimum absolute atomic E-state index is 0.199. The van der Waals surface area contributed by atoms with E-state index < -0.39 is 0 Å². The van der Waals surface area contributed by atoms with Gasteiger partial charge in [0.1, 0.15) is 5.75 Å². The van der Waals surface area contributed by atoms with Crippen LogP contribution in [0.5, 0.6) is 5.75 Å². The Bertz CT molecular complexity index is 709. The van der Waals surface area contributed by atoms with E-state index in [0.29, 0.717) is 0 Å². The van der Waals surface area contributed by atoms with Gasteiger partial charge in [0.15, 0.2) is 6.79 Å². The van der Waals surface area contributed by atoms with E-state index in [1.165, 1.54) is 5.56 Å². The van der Waals surface area contributed by atoms with Gasteiger partial charge in [-0.1, -0.05) is 58.3 Å². The van der Waals surface area contributed by atoms with Gasteiger partial charge in [0.2, 0.25) is 0 Å². The molecule has 112 valence electrons. The van der Waals surface area contributed by atoms with E-state index >= 15 is 0 Å². The molecule has 0 heterocycles. The molecule has 3 heteroatoms. The monoisotopic (exact) mass is 404 g/mol. The van der Waals surface area contributed by atoms with Crippen LogP contribution in [0.2, 0.25) is 0 Å². The lowest BCUT2D eigenvalue weighted by Gasteiger charge is -2.14. The van der Waals surface area contributed by atoms with Crippen molar-refractivity contribution in [3.8, 4) is 18.1 Å². The van der Waals surface area contributed by atoms with Gasteiger partial charge in [0.25, 0.3) is 0 Å². The maximum atomic E-state index is 5.68. The van der Waals surface area contributed by atoms with Crippen molar-refractivity contribution in [2.45, 2.75) is 6.92 Å². The van der Waals surface area contributed by atoms with Gasteiger partial charge in [-0.05, 0) is 40.3 Å². The molecule has 0 aliphatic carbocycles. The minimum Gasteiger partial charge on any atom is -0.467 e. The normalized spacial score (nSPS) is 11.1. The van der Waals surface area contributed by atoms with Crippen molar-refractivity contribution in [3.63, 3.8) is 0 Å². The van der Waals surface area contributed by atoms with E-state index in [1.54, 1.807) is 7.11 Å².